The second-order valence-corrected chi connectivity index (χ2v) is 5.59. The first-order valence-corrected chi connectivity index (χ1v) is 7.39. The first-order chi connectivity index (χ1) is 10.6. The lowest BCUT2D eigenvalue weighted by atomic mass is 9.98. The fraction of sp³-hybridized carbons (Fsp3) is 0.438. The highest BCUT2D eigenvalue weighted by atomic mass is 16.5. The number of carbonyl (C=O) groups excluding carboxylic acids is 3. The van der Waals surface area contributed by atoms with Crippen LogP contribution in [0.2, 0.25) is 0 Å². The molecule has 2 aliphatic heterocycles. The highest BCUT2D eigenvalue weighted by Gasteiger charge is 2.35. The summed E-state index contributed by atoms with van der Waals surface area (Å²) in [5, 5.41) is 0. The van der Waals surface area contributed by atoms with Crippen LogP contribution < -0.4 is 0 Å². The van der Waals surface area contributed by atoms with Crippen LogP contribution in [0.15, 0.2) is 24.3 Å². The lowest BCUT2D eigenvalue weighted by Gasteiger charge is -2.36. The maximum Gasteiger partial charge on any atom is 0.339 e. The van der Waals surface area contributed by atoms with Crippen molar-refractivity contribution >= 4 is 17.8 Å². The van der Waals surface area contributed by atoms with Crippen molar-refractivity contribution in [2.45, 2.75) is 19.4 Å². The number of hydrogen-bond donors (Lipinski definition) is 0. The van der Waals surface area contributed by atoms with Gasteiger partial charge in [-0.15, -0.1) is 0 Å². The summed E-state index contributed by atoms with van der Waals surface area (Å²) in [4.78, 5) is 39.2. The minimum atomic E-state index is -0.758. The first kappa shape index (κ1) is 14.6. The molecular formula is C16H18N2O4. The summed E-state index contributed by atoms with van der Waals surface area (Å²) in [6.45, 7) is 3.54. The van der Waals surface area contributed by atoms with Crippen LogP contribution in [0.1, 0.15) is 22.8 Å². The summed E-state index contributed by atoms with van der Waals surface area (Å²) < 4.78 is 5.29. The van der Waals surface area contributed by atoms with Crippen molar-refractivity contribution in [1.82, 2.24) is 9.80 Å². The van der Waals surface area contributed by atoms with Gasteiger partial charge in [0.2, 0.25) is 5.91 Å². The van der Waals surface area contributed by atoms with Gasteiger partial charge in [-0.05, 0) is 11.6 Å². The van der Waals surface area contributed by atoms with E-state index in [-0.39, 0.29) is 11.8 Å². The molecule has 2 aliphatic rings. The monoisotopic (exact) mass is 302 g/mol. The number of hydrogen-bond acceptors (Lipinski definition) is 4. The van der Waals surface area contributed by atoms with Crippen molar-refractivity contribution in [2.75, 3.05) is 26.2 Å². The minimum absolute atomic E-state index is 0.0186. The lowest BCUT2D eigenvalue weighted by molar-refractivity contribution is -0.145. The predicted octanol–water partition coefficient (Wildman–Crippen LogP) is 0.459. The lowest BCUT2D eigenvalue weighted by Crippen LogP contribution is -2.53. The van der Waals surface area contributed by atoms with Gasteiger partial charge in [-0.1, -0.05) is 18.2 Å². The Hall–Kier alpha value is -2.37. The maximum absolute atomic E-state index is 12.5. The Balaban J connectivity index is 1.67. The highest BCUT2D eigenvalue weighted by molar-refractivity contribution is 5.95. The number of amides is 2. The Morgan fingerprint density at radius 2 is 1.73 bits per heavy atom. The third-order valence-electron chi connectivity index (χ3n) is 4.20. The molecule has 1 aromatic rings. The molecule has 22 heavy (non-hydrogen) atoms. The summed E-state index contributed by atoms with van der Waals surface area (Å²) in [6.07, 6.45) is -0.348. The molecule has 1 atom stereocenters. The Bertz CT molecular complexity index is 620. The molecule has 0 bridgehead atoms. The molecule has 2 heterocycles. The Labute approximate surface area is 128 Å². The van der Waals surface area contributed by atoms with Crippen LogP contribution in [0.3, 0.4) is 0 Å². The van der Waals surface area contributed by atoms with Crippen molar-refractivity contribution in [3.8, 4) is 0 Å². The third-order valence-corrected chi connectivity index (χ3v) is 4.20. The Kier molecular flexibility index (Phi) is 3.83. The molecule has 6 nitrogen and oxygen atoms in total. The van der Waals surface area contributed by atoms with Crippen LogP contribution in [0.25, 0.3) is 0 Å². The van der Waals surface area contributed by atoms with E-state index in [9.17, 15) is 14.4 Å². The van der Waals surface area contributed by atoms with E-state index in [0.29, 0.717) is 38.2 Å². The molecule has 0 aliphatic carbocycles. The number of fused-ring (bicyclic) bond motifs is 1. The van der Waals surface area contributed by atoms with Gasteiger partial charge in [0, 0.05) is 39.5 Å². The van der Waals surface area contributed by atoms with Crippen LogP contribution in [-0.2, 0) is 20.7 Å². The maximum atomic E-state index is 12.5. The molecular weight excluding hydrogens is 284 g/mol. The number of esters is 1. The fourth-order valence-electron chi connectivity index (χ4n) is 2.91. The summed E-state index contributed by atoms with van der Waals surface area (Å²) in [6, 6.07) is 7.20. The Morgan fingerprint density at radius 3 is 2.41 bits per heavy atom. The van der Waals surface area contributed by atoms with E-state index in [1.807, 2.05) is 12.1 Å². The molecule has 1 saturated heterocycles. The average Bonchev–Trinajstić information content (AvgIpc) is 2.54. The molecule has 0 aromatic heterocycles. The first-order valence-electron chi connectivity index (χ1n) is 7.39. The molecule has 2 amide bonds. The van der Waals surface area contributed by atoms with Crippen LogP contribution in [0, 0.1) is 0 Å². The zero-order valence-electron chi connectivity index (χ0n) is 12.4. The molecule has 116 valence electrons. The number of nitrogens with zero attached hydrogens (tertiary/aromatic N) is 2. The van der Waals surface area contributed by atoms with E-state index >= 15 is 0 Å². The van der Waals surface area contributed by atoms with E-state index < -0.39 is 12.1 Å². The fourth-order valence-corrected chi connectivity index (χ4v) is 2.91. The quantitative estimate of drug-likeness (QED) is 0.707. The van der Waals surface area contributed by atoms with Gasteiger partial charge in [0.15, 0.2) is 6.10 Å². The van der Waals surface area contributed by atoms with Gasteiger partial charge < -0.3 is 14.5 Å². The zero-order valence-corrected chi connectivity index (χ0v) is 12.4. The predicted molar refractivity (Wildman–Crippen MR) is 78.2 cm³/mol. The van der Waals surface area contributed by atoms with Crippen LogP contribution >= 0.6 is 0 Å². The second kappa shape index (κ2) is 5.79. The van der Waals surface area contributed by atoms with Gasteiger partial charge in [-0.25, -0.2) is 4.79 Å². The molecule has 1 aromatic carbocycles. The SMILES string of the molecule is CC(=O)N1CCN(C(=O)[C@H]2Cc3ccccc3C(=O)O2)CC1. The standard InChI is InChI=1S/C16H18N2O4/c1-11(19)17-6-8-18(9-7-17)15(20)14-10-12-4-2-3-5-13(12)16(21)22-14/h2-5,14H,6-10H2,1H3/t14-/m1/s1. The number of rotatable bonds is 1. The zero-order chi connectivity index (χ0) is 15.7. The second-order valence-electron chi connectivity index (χ2n) is 5.59. The van der Waals surface area contributed by atoms with Gasteiger partial charge in [0.1, 0.15) is 0 Å². The van der Waals surface area contributed by atoms with Crippen LogP contribution in [0.4, 0.5) is 0 Å². The summed E-state index contributed by atoms with van der Waals surface area (Å²) in [5.41, 5.74) is 1.38. The molecule has 0 unspecified atom stereocenters. The van der Waals surface area contributed by atoms with Crippen LogP contribution in [-0.4, -0.2) is 59.9 Å². The van der Waals surface area contributed by atoms with E-state index in [4.69, 9.17) is 4.74 Å². The number of cyclic esters (lactones) is 1. The van der Waals surface area contributed by atoms with E-state index in [2.05, 4.69) is 0 Å². The molecule has 3 rings (SSSR count). The molecule has 0 spiro atoms. The largest absolute Gasteiger partial charge is 0.448 e. The van der Waals surface area contributed by atoms with Gasteiger partial charge in [-0.3, -0.25) is 9.59 Å². The average molecular weight is 302 g/mol. The van der Waals surface area contributed by atoms with E-state index in [1.54, 1.807) is 21.9 Å². The number of benzene rings is 1. The smallest absolute Gasteiger partial charge is 0.339 e. The molecule has 0 saturated carbocycles. The molecule has 1 fully saturated rings. The van der Waals surface area contributed by atoms with Crippen molar-refractivity contribution < 1.29 is 19.1 Å². The number of piperazine rings is 1. The minimum Gasteiger partial charge on any atom is -0.448 e. The van der Waals surface area contributed by atoms with E-state index in [0.717, 1.165) is 5.56 Å². The number of ether oxygens (including phenoxy) is 1. The van der Waals surface area contributed by atoms with Crippen LogP contribution in [0.5, 0.6) is 0 Å². The summed E-state index contributed by atoms with van der Waals surface area (Å²) in [5.74, 6) is -0.598. The van der Waals surface area contributed by atoms with Gasteiger partial charge in [-0.2, -0.15) is 0 Å². The van der Waals surface area contributed by atoms with E-state index in [1.165, 1.54) is 6.92 Å². The van der Waals surface area contributed by atoms with Gasteiger partial charge in [0.05, 0.1) is 5.56 Å². The number of carbonyl (C=O) groups is 3. The molecule has 0 radical (unpaired) electrons. The van der Waals surface area contributed by atoms with Gasteiger partial charge >= 0.3 is 5.97 Å². The summed E-state index contributed by atoms with van der Waals surface area (Å²) >= 11 is 0. The van der Waals surface area contributed by atoms with Gasteiger partial charge in [0.25, 0.3) is 5.91 Å². The third kappa shape index (κ3) is 2.68. The van der Waals surface area contributed by atoms with Crippen molar-refractivity contribution in [3.05, 3.63) is 35.4 Å². The van der Waals surface area contributed by atoms with Crippen molar-refractivity contribution in [3.63, 3.8) is 0 Å². The molecule has 6 heteroatoms. The topological polar surface area (TPSA) is 66.9 Å². The Morgan fingerprint density at radius 1 is 1.09 bits per heavy atom. The summed E-state index contributed by atoms with van der Waals surface area (Å²) in [7, 11) is 0. The van der Waals surface area contributed by atoms with Crippen molar-refractivity contribution in [1.29, 1.82) is 0 Å². The highest BCUT2D eigenvalue weighted by Crippen LogP contribution is 2.22. The molecule has 0 N–H and O–H groups in total. The normalized spacial score (nSPS) is 21.1. The van der Waals surface area contributed by atoms with Crippen molar-refractivity contribution in [2.24, 2.45) is 0 Å².